The number of carbonyl (C=O) groups excluding carboxylic acids is 1. The van der Waals surface area contributed by atoms with Gasteiger partial charge in [-0.15, -0.1) is 0 Å². The molecule has 4 rings (SSSR count). The Morgan fingerprint density at radius 2 is 1.86 bits per heavy atom. The quantitative estimate of drug-likeness (QED) is 0.865. The third-order valence-corrected chi connectivity index (χ3v) is 6.32. The highest BCUT2D eigenvalue weighted by molar-refractivity contribution is 5.98. The van der Waals surface area contributed by atoms with Gasteiger partial charge in [-0.05, 0) is 31.4 Å². The standard InChI is InChI=1S/C18H25N3O/c1-17-12-21(13-8-4-3-5-9-13)16(22)18(17,19)20(2)15-11-7-6-10-14(15)17/h6-7,10-11,13H,3-5,8-9,12,19H2,1-2H3/t17-,18-/m1/s1. The molecular weight excluding hydrogens is 274 g/mol. The van der Waals surface area contributed by atoms with Crippen LogP contribution in [0.4, 0.5) is 5.69 Å². The molecule has 2 aliphatic heterocycles. The smallest absolute Gasteiger partial charge is 0.264 e. The number of carbonyl (C=O) groups is 1. The number of rotatable bonds is 1. The zero-order valence-corrected chi connectivity index (χ0v) is 13.5. The van der Waals surface area contributed by atoms with Crippen molar-refractivity contribution in [3.8, 4) is 0 Å². The summed E-state index contributed by atoms with van der Waals surface area (Å²) in [5.74, 6) is 0.112. The lowest BCUT2D eigenvalue weighted by molar-refractivity contribution is -0.134. The fourth-order valence-electron chi connectivity index (χ4n) is 4.90. The van der Waals surface area contributed by atoms with Crippen LogP contribution in [0.1, 0.15) is 44.6 Å². The first-order valence-electron chi connectivity index (χ1n) is 8.43. The van der Waals surface area contributed by atoms with E-state index in [2.05, 4.69) is 30.0 Å². The Morgan fingerprint density at radius 1 is 1.18 bits per heavy atom. The van der Waals surface area contributed by atoms with Gasteiger partial charge in [-0.2, -0.15) is 0 Å². The molecule has 0 aromatic heterocycles. The first kappa shape index (κ1) is 14.1. The van der Waals surface area contributed by atoms with Crippen LogP contribution in [-0.4, -0.2) is 36.1 Å². The summed E-state index contributed by atoms with van der Waals surface area (Å²) in [5.41, 5.74) is 7.82. The van der Waals surface area contributed by atoms with Gasteiger partial charge < -0.3 is 9.80 Å². The van der Waals surface area contributed by atoms with Crippen LogP contribution in [0.5, 0.6) is 0 Å². The van der Waals surface area contributed by atoms with Crippen LogP contribution < -0.4 is 10.6 Å². The van der Waals surface area contributed by atoms with Gasteiger partial charge in [0, 0.05) is 25.3 Å². The first-order valence-corrected chi connectivity index (χ1v) is 8.43. The maximum absolute atomic E-state index is 13.3. The predicted octanol–water partition coefficient (Wildman–Crippen LogP) is 2.22. The number of likely N-dealkylation sites (N-methyl/N-ethyl adjacent to an activating group) is 1. The highest BCUT2D eigenvalue weighted by Gasteiger charge is 2.67. The molecule has 2 N–H and O–H groups in total. The van der Waals surface area contributed by atoms with E-state index in [4.69, 9.17) is 5.73 Å². The molecule has 0 bridgehead atoms. The van der Waals surface area contributed by atoms with E-state index >= 15 is 0 Å². The molecule has 2 atom stereocenters. The molecule has 2 heterocycles. The molecule has 1 amide bonds. The number of hydrogen-bond donors (Lipinski definition) is 1. The maximum Gasteiger partial charge on any atom is 0.264 e. The molecule has 22 heavy (non-hydrogen) atoms. The number of benzene rings is 1. The Labute approximate surface area is 132 Å². The summed E-state index contributed by atoms with van der Waals surface area (Å²) < 4.78 is 0. The molecule has 1 aliphatic carbocycles. The van der Waals surface area contributed by atoms with Crippen LogP contribution in [0, 0.1) is 0 Å². The maximum atomic E-state index is 13.3. The molecule has 118 valence electrons. The Kier molecular flexibility index (Phi) is 2.86. The normalized spacial score (nSPS) is 35.0. The Hall–Kier alpha value is -1.55. The summed E-state index contributed by atoms with van der Waals surface area (Å²) in [6.07, 6.45) is 6.02. The van der Waals surface area contributed by atoms with Crippen LogP contribution in [-0.2, 0) is 10.2 Å². The lowest BCUT2D eigenvalue weighted by Crippen LogP contribution is -2.65. The SMILES string of the molecule is CN1c2ccccc2[C@@]2(C)CN(C3CCCCC3)C(=O)[C@@]12N. The Bertz CT molecular complexity index is 625. The van der Waals surface area contributed by atoms with E-state index < -0.39 is 5.66 Å². The number of likely N-dealkylation sites (tertiary alicyclic amines) is 1. The van der Waals surface area contributed by atoms with E-state index in [1.54, 1.807) is 0 Å². The van der Waals surface area contributed by atoms with Gasteiger partial charge in [-0.25, -0.2) is 0 Å². The molecule has 2 fully saturated rings. The average molecular weight is 299 g/mol. The van der Waals surface area contributed by atoms with Crippen LogP contribution in [0.2, 0.25) is 0 Å². The second-order valence-electron chi connectivity index (χ2n) is 7.40. The van der Waals surface area contributed by atoms with Gasteiger partial charge in [0.2, 0.25) is 0 Å². The van der Waals surface area contributed by atoms with Crippen molar-refractivity contribution < 1.29 is 4.79 Å². The molecule has 3 aliphatic rings. The minimum atomic E-state index is -0.936. The van der Waals surface area contributed by atoms with Gasteiger partial charge in [-0.3, -0.25) is 10.5 Å². The topological polar surface area (TPSA) is 49.6 Å². The van der Waals surface area contributed by atoms with E-state index in [1.165, 1.54) is 24.8 Å². The number of para-hydroxylation sites is 1. The summed E-state index contributed by atoms with van der Waals surface area (Å²) in [6, 6.07) is 8.66. The monoisotopic (exact) mass is 299 g/mol. The van der Waals surface area contributed by atoms with Crippen molar-refractivity contribution in [1.29, 1.82) is 0 Å². The predicted molar refractivity (Wildman–Crippen MR) is 87.7 cm³/mol. The molecule has 4 heteroatoms. The van der Waals surface area contributed by atoms with Gasteiger partial charge in [-0.1, -0.05) is 37.5 Å². The van der Waals surface area contributed by atoms with E-state index in [9.17, 15) is 4.79 Å². The molecule has 1 saturated heterocycles. The van der Waals surface area contributed by atoms with Gasteiger partial charge in [0.05, 0.1) is 5.41 Å². The lowest BCUT2D eigenvalue weighted by atomic mass is 9.77. The number of hydrogen-bond acceptors (Lipinski definition) is 3. The fourth-order valence-corrected chi connectivity index (χ4v) is 4.90. The van der Waals surface area contributed by atoms with Crippen molar-refractivity contribution in [3.05, 3.63) is 29.8 Å². The van der Waals surface area contributed by atoms with Crippen molar-refractivity contribution >= 4 is 11.6 Å². The van der Waals surface area contributed by atoms with Crippen LogP contribution in [0.25, 0.3) is 0 Å². The third kappa shape index (κ3) is 1.49. The summed E-state index contributed by atoms with van der Waals surface area (Å²) in [5, 5.41) is 0. The lowest BCUT2D eigenvalue weighted by Gasteiger charge is -2.37. The van der Waals surface area contributed by atoms with Gasteiger partial charge in [0.25, 0.3) is 5.91 Å². The van der Waals surface area contributed by atoms with Gasteiger partial charge >= 0.3 is 0 Å². The summed E-state index contributed by atoms with van der Waals surface area (Å²) in [4.78, 5) is 17.3. The zero-order chi connectivity index (χ0) is 15.5. The fraction of sp³-hybridized carbons (Fsp3) is 0.611. The van der Waals surface area contributed by atoms with E-state index in [0.717, 1.165) is 25.1 Å². The molecule has 0 spiro atoms. The Morgan fingerprint density at radius 3 is 2.59 bits per heavy atom. The highest BCUT2D eigenvalue weighted by atomic mass is 16.2. The number of anilines is 1. The molecule has 0 radical (unpaired) electrons. The minimum absolute atomic E-state index is 0.112. The molecular formula is C18H25N3O. The molecule has 1 aromatic rings. The van der Waals surface area contributed by atoms with Crippen molar-refractivity contribution in [3.63, 3.8) is 0 Å². The molecule has 1 saturated carbocycles. The number of fused-ring (bicyclic) bond motifs is 3. The van der Waals surface area contributed by atoms with E-state index in [0.29, 0.717) is 6.04 Å². The first-order chi connectivity index (χ1) is 10.5. The number of nitrogens with two attached hydrogens (primary N) is 1. The molecule has 1 aromatic carbocycles. The third-order valence-electron chi connectivity index (χ3n) is 6.32. The number of amides is 1. The van der Waals surface area contributed by atoms with E-state index in [-0.39, 0.29) is 11.3 Å². The van der Waals surface area contributed by atoms with Gasteiger partial charge in [0.1, 0.15) is 0 Å². The molecule has 0 unspecified atom stereocenters. The second kappa shape index (κ2) is 4.48. The minimum Gasteiger partial charge on any atom is -0.348 e. The zero-order valence-electron chi connectivity index (χ0n) is 13.5. The average Bonchev–Trinajstić information content (AvgIpc) is 2.87. The van der Waals surface area contributed by atoms with Crippen LogP contribution in [0.3, 0.4) is 0 Å². The summed E-state index contributed by atoms with van der Waals surface area (Å²) in [6.45, 7) is 2.91. The van der Waals surface area contributed by atoms with E-state index in [1.807, 2.05) is 18.0 Å². The van der Waals surface area contributed by atoms with Crippen molar-refractivity contribution in [2.24, 2.45) is 5.73 Å². The summed E-state index contributed by atoms with van der Waals surface area (Å²) in [7, 11) is 1.96. The van der Waals surface area contributed by atoms with Gasteiger partial charge in [0.15, 0.2) is 5.66 Å². The van der Waals surface area contributed by atoms with Crippen LogP contribution in [0.15, 0.2) is 24.3 Å². The molecule has 4 nitrogen and oxygen atoms in total. The number of nitrogens with zero attached hydrogens (tertiary/aromatic N) is 2. The largest absolute Gasteiger partial charge is 0.348 e. The second-order valence-corrected chi connectivity index (χ2v) is 7.40. The van der Waals surface area contributed by atoms with Crippen molar-refractivity contribution in [2.45, 2.75) is 56.1 Å². The van der Waals surface area contributed by atoms with Crippen molar-refractivity contribution in [1.82, 2.24) is 4.90 Å². The van der Waals surface area contributed by atoms with Crippen LogP contribution >= 0.6 is 0 Å². The highest BCUT2D eigenvalue weighted by Crippen LogP contribution is 2.53. The summed E-state index contributed by atoms with van der Waals surface area (Å²) >= 11 is 0. The Balaban J connectivity index is 1.78. The van der Waals surface area contributed by atoms with Crippen molar-refractivity contribution in [2.75, 3.05) is 18.5 Å².